The number of pyridine rings is 1. The van der Waals surface area contributed by atoms with Gasteiger partial charge in [0.05, 0.1) is 35.4 Å². The second-order valence-electron chi connectivity index (χ2n) is 11.9. The molecule has 2 aliphatic carbocycles. The summed E-state index contributed by atoms with van der Waals surface area (Å²) in [5.74, 6) is -7.23. The first-order valence-electron chi connectivity index (χ1n) is 14.5. The number of nitrogens with zero attached hydrogens (tertiary/aromatic N) is 5. The van der Waals surface area contributed by atoms with E-state index >= 15 is 0 Å². The number of carbonyl (C=O) groups excluding carboxylic acids is 1. The monoisotopic (exact) mass is 648 g/mol. The zero-order valence-electron chi connectivity index (χ0n) is 23.9. The van der Waals surface area contributed by atoms with Gasteiger partial charge in [0.15, 0.2) is 15.7 Å². The zero-order chi connectivity index (χ0) is 32.1. The van der Waals surface area contributed by atoms with Crippen LogP contribution in [-0.2, 0) is 14.6 Å². The maximum atomic E-state index is 15.0. The van der Waals surface area contributed by atoms with Crippen molar-refractivity contribution in [2.45, 2.75) is 55.9 Å². The van der Waals surface area contributed by atoms with E-state index in [0.717, 1.165) is 23.0 Å². The molecule has 238 valence electrons. The number of sulfone groups is 1. The summed E-state index contributed by atoms with van der Waals surface area (Å²) in [5, 5.41) is 16.5. The van der Waals surface area contributed by atoms with Crippen molar-refractivity contribution in [3.05, 3.63) is 59.8 Å². The third-order valence-corrected chi connectivity index (χ3v) is 10.4. The van der Waals surface area contributed by atoms with Crippen LogP contribution in [0.2, 0.25) is 0 Å². The van der Waals surface area contributed by atoms with Crippen LogP contribution < -0.4 is 10.2 Å². The largest absolute Gasteiger partial charge is 0.369 e. The van der Waals surface area contributed by atoms with Crippen LogP contribution in [0.25, 0.3) is 16.9 Å². The molecule has 2 atom stereocenters. The summed E-state index contributed by atoms with van der Waals surface area (Å²) in [7, 11) is -3.13. The highest BCUT2D eigenvalue weighted by molar-refractivity contribution is 7.91. The minimum atomic E-state index is -3.20. The maximum Gasteiger partial charge on any atom is 0.281 e. The maximum absolute atomic E-state index is 15.0. The number of nitrogens with one attached hydrogen (secondary N) is 1. The lowest BCUT2D eigenvalue weighted by Crippen LogP contribution is -2.45. The Hall–Kier alpha value is -4.06. The molecular weight excluding hydrogens is 619 g/mol. The molecule has 2 saturated carbocycles. The molecule has 1 amide bonds. The molecule has 3 fully saturated rings. The van der Waals surface area contributed by atoms with Gasteiger partial charge in [0, 0.05) is 43.1 Å². The molecule has 0 spiro atoms. The predicted octanol–water partition coefficient (Wildman–Crippen LogP) is 4.94. The fourth-order valence-corrected chi connectivity index (χ4v) is 7.34. The lowest BCUT2D eigenvalue weighted by Gasteiger charge is -2.35. The molecule has 1 aliphatic heterocycles. The minimum absolute atomic E-state index is 0.00862. The van der Waals surface area contributed by atoms with E-state index in [2.05, 4.69) is 15.4 Å². The molecule has 45 heavy (non-hydrogen) atoms. The van der Waals surface area contributed by atoms with Crippen molar-refractivity contribution >= 4 is 21.4 Å². The van der Waals surface area contributed by atoms with E-state index in [0.29, 0.717) is 18.5 Å². The van der Waals surface area contributed by atoms with E-state index in [4.69, 9.17) is 0 Å². The number of rotatable bonds is 7. The summed E-state index contributed by atoms with van der Waals surface area (Å²) in [6.07, 6.45) is -3.24. The number of alkyl halides is 4. The van der Waals surface area contributed by atoms with Gasteiger partial charge in [-0.1, -0.05) is 12.1 Å². The number of hydrogen-bond acceptors (Lipinski definition) is 7. The molecule has 3 aliphatic rings. The first-order valence-corrected chi connectivity index (χ1v) is 16.3. The Morgan fingerprint density at radius 1 is 1.07 bits per heavy atom. The standard InChI is InChI=1S/C30H29F5N6O3S/c31-19-3-6-23(37-16-19)41-26(27(32)33)24(18-1-4-20(5-2-18)40-11-13-45(43,44)14-12-40)25(39-41)21-7-8-30(34,35)15-22(21)28(42)38-29(17-36)9-10-29/h1-6,16,21-22,27H,7-15H2,(H,38,42). The number of carbonyl (C=O) groups is 1. The van der Waals surface area contributed by atoms with Gasteiger partial charge in [-0.25, -0.2) is 40.0 Å². The highest BCUT2D eigenvalue weighted by Gasteiger charge is 2.51. The Bertz CT molecular complexity index is 1740. The Balaban J connectivity index is 1.46. The number of nitriles is 1. The fourth-order valence-electron chi connectivity index (χ4n) is 6.14. The predicted molar refractivity (Wildman–Crippen MR) is 153 cm³/mol. The van der Waals surface area contributed by atoms with Gasteiger partial charge in [0.25, 0.3) is 6.43 Å². The van der Waals surface area contributed by atoms with Gasteiger partial charge >= 0.3 is 0 Å². The molecule has 1 N–H and O–H groups in total. The van der Waals surface area contributed by atoms with Crippen LogP contribution in [0, 0.1) is 23.1 Å². The lowest BCUT2D eigenvalue weighted by molar-refractivity contribution is -0.134. The smallest absolute Gasteiger partial charge is 0.281 e. The first-order chi connectivity index (χ1) is 21.3. The molecule has 15 heteroatoms. The van der Waals surface area contributed by atoms with E-state index in [1.807, 2.05) is 11.0 Å². The Labute approximate surface area is 256 Å². The SMILES string of the molecule is N#CC1(NC(=O)C2CC(F)(F)CCC2c2nn(-c3ccc(F)cn3)c(C(F)F)c2-c2ccc(N3CCS(=O)(=O)CC3)cc2)CC1. The number of aromatic nitrogens is 3. The quantitative estimate of drug-likeness (QED) is 0.361. The lowest BCUT2D eigenvalue weighted by atomic mass is 9.73. The van der Waals surface area contributed by atoms with Crippen LogP contribution in [-0.4, -0.2) is 65.1 Å². The number of halogens is 5. The van der Waals surface area contributed by atoms with Crippen LogP contribution in [0.15, 0.2) is 42.6 Å². The summed E-state index contributed by atoms with van der Waals surface area (Å²) in [5.41, 5.74) is -0.861. The first kappa shape index (κ1) is 30.9. The van der Waals surface area contributed by atoms with Crippen molar-refractivity contribution in [3.8, 4) is 23.0 Å². The molecule has 2 aromatic heterocycles. The average Bonchev–Trinajstić information content (AvgIpc) is 3.66. The van der Waals surface area contributed by atoms with Gasteiger partial charge in [0.2, 0.25) is 11.8 Å². The van der Waals surface area contributed by atoms with Crippen LogP contribution in [0.4, 0.5) is 27.6 Å². The van der Waals surface area contributed by atoms with Crippen molar-refractivity contribution in [3.63, 3.8) is 0 Å². The highest BCUT2D eigenvalue weighted by Crippen LogP contribution is 2.49. The van der Waals surface area contributed by atoms with Crippen molar-refractivity contribution in [2.75, 3.05) is 29.5 Å². The zero-order valence-corrected chi connectivity index (χ0v) is 24.7. The van der Waals surface area contributed by atoms with Gasteiger partial charge in [-0.2, -0.15) is 10.4 Å². The normalized spacial score (nSPS) is 23.4. The van der Waals surface area contributed by atoms with E-state index in [1.54, 1.807) is 24.3 Å². The number of hydrogen-bond donors (Lipinski definition) is 1. The molecule has 2 unspecified atom stereocenters. The van der Waals surface area contributed by atoms with E-state index in [9.17, 15) is 40.4 Å². The van der Waals surface area contributed by atoms with Crippen molar-refractivity contribution in [2.24, 2.45) is 5.92 Å². The molecule has 1 saturated heterocycles. The third kappa shape index (κ3) is 6.25. The van der Waals surface area contributed by atoms with Gasteiger partial charge in [-0.15, -0.1) is 0 Å². The number of amides is 1. The summed E-state index contributed by atoms with van der Waals surface area (Å²) in [6, 6.07) is 10.6. The summed E-state index contributed by atoms with van der Waals surface area (Å²) < 4.78 is 97.8. The fraction of sp³-hybridized carbons (Fsp3) is 0.467. The molecule has 0 radical (unpaired) electrons. The highest BCUT2D eigenvalue weighted by atomic mass is 32.2. The summed E-state index contributed by atoms with van der Waals surface area (Å²) >= 11 is 0. The van der Waals surface area contributed by atoms with Gasteiger partial charge in [-0.3, -0.25) is 4.79 Å². The molecule has 3 heterocycles. The van der Waals surface area contributed by atoms with Crippen LogP contribution >= 0.6 is 0 Å². The van der Waals surface area contributed by atoms with Crippen molar-refractivity contribution in [1.82, 2.24) is 20.1 Å². The molecular formula is C30H29F5N6O3S. The summed E-state index contributed by atoms with van der Waals surface area (Å²) in [4.78, 5) is 19.2. The second-order valence-corrected chi connectivity index (χ2v) is 14.2. The second kappa shape index (κ2) is 11.4. The van der Waals surface area contributed by atoms with Crippen LogP contribution in [0.1, 0.15) is 55.8 Å². The van der Waals surface area contributed by atoms with Crippen LogP contribution in [0.5, 0.6) is 0 Å². The molecule has 6 rings (SSSR count). The van der Waals surface area contributed by atoms with Gasteiger partial charge in [-0.05, 0) is 49.1 Å². The minimum Gasteiger partial charge on any atom is -0.369 e. The molecule has 1 aromatic carbocycles. The Morgan fingerprint density at radius 3 is 2.33 bits per heavy atom. The Kier molecular flexibility index (Phi) is 7.83. The molecule has 9 nitrogen and oxygen atoms in total. The van der Waals surface area contributed by atoms with E-state index in [1.165, 1.54) is 0 Å². The number of benzene rings is 1. The topological polar surface area (TPSA) is 121 Å². The average molecular weight is 649 g/mol. The van der Waals surface area contributed by atoms with Gasteiger partial charge in [0.1, 0.15) is 17.1 Å². The Morgan fingerprint density at radius 2 is 1.76 bits per heavy atom. The van der Waals surface area contributed by atoms with E-state index < -0.39 is 69.8 Å². The molecule has 0 bridgehead atoms. The van der Waals surface area contributed by atoms with Crippen molar-refractivity contribution < 1.29 is 35.2 Å². The van der Waals surface area contributed by atoms with Crippen molar-refractivity contribution in [1.29, 1.82) is 5.26 Å². The van der Waals surface area contributed by atoms with E-state index in [-0.39, 0.29) is 53.7 Å². The van der Waals surface area contributed by atoms with Crippen LogP contribution in [0.3, 0.4) is 0 Å². The molecule has 3 aromatic rings. The third-order valence-electron chi connectivity index (χ3n) is 8.79. The summed E-state index contributed by atoms with van der Waals surface area (Å²) in [6.45, 7) is 0.529. The number of anilines is 1. The van der Waals surface area contributed by atoms with Gasteiger partial charge < -0.3 is 10.2 Å².